The second-order valence-electron chi connectivity index (χ2n) is 11.7. The van der Waals surface area contributed by atoms with Crippen LogP contribution in [-0.4, -0.2) is 18.3 Å². The van der Waals surface area contributed by atoms with Crippen molar-refractivity contribution in [2.24, 2.45) is 5.92 Å². The van der Waals surface area contributed by atoms with Crippen molar-refractivity contribution in [1.82, 2.24) is 0 Å². The molecule has 1 aliphatic heterocycles. The molecule has 0 aromatic heterocycles. The van der Waals surface area contributed by atoms with Crippen LogP contribution in [0.3, 0.4) is 0 Å². The summed E-state index contributed by atoms with van der Waals surface area (Å²) in [6.45, 7) is 8.07. The van der Waals surface area contributed by atoms with Gasteiger partial charge in [-0.15, -0.1) is 0 Å². The second-order valence-corrected chi connectivity index (χ2v) is 11.7. The van der Waals surface area contributed by atoms with Crippen molar-refractivity contribution in [3.8, 4) is 5.75 Å². The van der Waals surface area contributed by atoms with E-state index in [0.29, 0.717) is 13.2 Å². The molecule has 4 nitrogen and oxygen atoms in total. The van der Waals surface area contributed by atoms with Crippen LogP contribution in [0.4, 0.5) is 10.1 Å². The zero-order chi connectivity index (χ0) is 27.2. The molecule has 0 radical (unpaired) electrons. The third-order valence-corrected chi connectivity index (χ3v) is 8.28. The van der Waals surface area contributed by atoms with Crippen LogP contribution < -0.4 is 10.1 Å². The maximum Gasteiger partial charge on any atom is 0.132 e. The van der Waals surface area contributed by atoms with Gasteiger partial charge < -0.3 is 19.5 Å². The Kier molecular flexibility index (Phi) is 8.89. The van der Waals surface area contributed by atoms with Gasteiger partial charge in [0.25, 0.3) is 0 Å². The van der Waals surface area contributed by atoms with E-state index in [2.05, 4.69) is 62.5 Å². The van der Waals surface area contributed by atoms with Gasteiger partial charge in [-0.25, -0.2) is 4.39 Å². The van der Waals surface area contributed by atoms with E-state index in [1.807, 2.05) is 6.07 Å². The summed E-state index contributed by atoms with van der Waals surface area (Å²) in [5.74, 6) is 1.33. The molecule has 39 heavy (non-hydrogen) atoms. The molecule has 5 rings (SSSR count). The highest BCUT2D eigenvalue weighted by Crippen LogP contribution is 2.45. The summed E-state index contributed by atoms with van der Waals surface area (Å²) < 4.78 is 33.2. The minimum Gasteiger partial charge on any atom is -0.485 e. The number of ether oxygens (including phenoxy) is 3. The third kappa shape index (κ3) is 7.01. The molecule has 1 aliphatic carbocycles. The van der Waals surface area contributed by atoms with E-state index in [9.17, 15) is 4.39 Å². The number of hydrogen-bond acceptors (Lipinski definition) is 4. The van der Waals surface area contributed by atoms with Gasteiger partial charge in [0.1, 0.15) is 29.4 Å². The Morgan fingerprint density at radius 1 is 0.949 bits per heavy atom. The van der Waals surface area contributed by atoms with E-state index in [-0.39, 0.29) is 18.0 Å². The molecule has 2 atom stereocenters. The standard InChI is InChI=1S/C34H42FNO3/c1-24-9-7-8-12-27(24)22-36-29-17-18-31-30(21-29)32(37-20-19-25-10-5-4-6-11-25)33(34(2,3)39-31)38-23-26-13-15-28(35)16-14-26/h7-9,12-18,21,25,32-33,36H,4-6,10-11,19-20,22-23H2,1-3H3. The molecular formula is C34H42FNO3. The first-order chi connectivity index (χ1) is 18.9. The summed E-state index contributed by atoms with van der Waals surface area (Å²) in [5.41, 5.74) is 4.90. The number of hydrogen-bond donors (Lipinski definition) is 1. The highest BCUT2D eigenvalue weighted by molar-refractivity contribution is 5.54. The predicted molar refractivity (Wildman–Crippen MR) is 155 cm³/mol. The van der Waals surface area contributed by atoms with Crippen LogP contribution >= 0.6 is 0 Å². The van der Waals surface area contributed by atoms with E-state index in [0.717, 1.165) is 41.4 Å². The Bertz CT molecular complexity index is 1220. The van der Waals surface area contributed by atoms with E-state index in [1.165, 1.54) is 55.4 Å². The minimum atomic E-state index is -0.599. The Morgan fingerprint density at radius 2 is 1.72 bits per heavy atom. The van der Waals surface area contributed by atoms with Crippen LogP contribution in [0.25, 0.3) is 0 Å². The van der Waals surface area contributed by atoms with Crippen molar-refractivity contribution in [3.05, 3.63) is 94.8 Å². The van der Waals surface area contributed by atoms with Crippen molar-refractivity contribution < 1.29 is 18.6 Å². The molecule has 1 N–H and O–H groups in total. The fourth-order valence-corrected chi connectivity index (χ4v) is 5.92. The fourth-order valence-electron chi connectivity index (χ4n) is 5.92. The minimum absolute atomic E-state index is 0.247. The van der Waals surface area contributed by atoms with Gasteiger partial charge in [0, 0.05) is 24.4 Å². The van der Waals surface area contributed by atoms with Crippen LogP contribution in [0.5, 0.6) is 5.75 Å². The monoisotopic (exact) mass is 531 g/mol. The van der Waals surface area contributed by atoms with Crippen LogP contribution in [0, 0.1) is 18.7 Å². The molecule has 0 spiro atoms. The molecular weight excluding hydrogens is 489 g/mol. The normalized spacial score (nSPS) is 20.7. The van der Waals surface area contributed by atoms with Crippen LogP contribution in [0.1, 0.15) is 80.7 Å². The van der Waals surface area contributed by atoms with Gasteiger partial charge in [-0.2, -0.15) is 0 Å². The van der Waals surface area contributed by atoms with E-state index in [1.54, 1.807) is 12.1 Å². The number of benzene rings is 3. The van der Waals surface area contributed by atoms with Gasteiger partial charge in [-0.1, -0.05) is 68.5 Å². The van der Waals surface area contributed by atoms with Crippen molar-refractivity contribution >= 4 is 5.69 Å². The SMILES string of the molecule is Cc1ccccc1CNc1ccc2c(c1)C(OCCC1CCCCC1)C(OCc1ccc(F)cc1)C(C)(C)O2. The number of halogens is 1. The molecule has 2 unspecified atom stereocenters. The lowest BCUT2D eigenvalue weighted by Crippen LogP contribution is -2.51. The maximum absolute atomic E-state index is 13.5. The summed E-state index contributed by atoms with van der Waals surface area (Å²) in [4.78, 5) is 0. The summed E-state index contributed by atoms with van der Waals surface area (Å²) in [7, 11) is 0. The van der Waals surface area contributed by atoms with Crippen molar-refractivity contribution in [1.29, 1.82) is 0 Å². The smallest absolute Gasteiger partial charge is 0.132 e. The molecule has 5 heteroatoms. The van der Waals surface area contributed by atoms with Crippen molar-refractivity contribution in [2.75, 3.05) is 11.9 Å². The highest BCUT2D eigenvalue weighted by Gasteiger charge is 2.45. The first-order valence-corrected chi connectivity index (χ1v) is 14.5. The van der Waals surface area contributed by atoms with Crippen LogP contribution in [0.2, 0.25) is 0 Å². The largest absolute Gasteiger partial charge is 0.485 e. The molecule has 3 aromatic carbocycles. The molecule has 0 bridgehead atoms. The number of anilines is 1. The molecule has 208 valence electrons. The Hall–Kier alpha value is -2.89. The quantitative estimate of drug-likeness (QED) is 0.285. The lowest BCUT2D eigenvalue weighted by atomic mass is 9.86. The second kappa shape index (κ2) is 12.5. The number of nitrogens with one attached hydrogen (secondary N) is 1. The fraction of sp³-hybridized carbons (Fsp3) is 0.471. The van der Waals surface area contributed by atoms with E-state index in [4.69, 9.17) is 14.2 Å². The molecule has 2 aliphatic rings. The number of aryl methyl sites for hydroxylation is 1. The average molecular weight is 532 g/mol. The Morgan fingerprint density at radius 3 is 2.49 bits per heavy atom. The van der Waals surface area contributed by atoms with Crippen molar-refractivity contribution in [2.45, 2.75) is 90.3 Å². The predicted octanol–water partition coefficient (Wildman–Crippen LogP) is 8.53. The van der Waals surface area contributed by atoms with E-state index >= 15 is 0 Å². The Balaban J connectivity index is 1.37. The number of fused-ring (bicyclic) bond motifs is 1. The van der Waals surface area contributed by atoms with Gasteiger partial charge in [-0.05, 0) is 80.1 Å². The van der Waals surface area contributed by atoms with Crippen LogP contribution in [0.15, 0.2) is 66.7 Å². The van der Waals surface area contributed by atoms with Gasteiger partial charge >= 0.3 is 0 Å². The molecule has 1 heterocycles. The molecule has 0 amide bonds. The van der Waals surface area contributed by atoms with Gasteiger partial charge in [0.05, 0.1) is 6.61 Å². The Labute approximate surface area is 232 Å². The van der Waals surface area contributed by atoms with Gasteiger partial charge in [-0.3, -0.25) is 0 Å². The topological polar surface area (TPSA) is 39.7 Å². The number of rotatable bonds is 10. The lowest BCUT2D eigenvalue weighted by Gasteiger charge is -2.44. The summed E-state index contributed by atoms with van der Waals surface area (Å²) in [6, 6.07) is 21.2. The van der Waals surface area contributed by atoms with Crippen LogP contribution in [-0.2, 0) is 22.6 Å². The molecule has 0 saturated heterocycles. The van der Waals surface area contributed by atoms with Gasteiger partial charge in [0.15, 0.2) is 0 Å². The summed E-state index contributed by atoms with van der Waals surface area (Å²) in [5, 5.41) is 3.59. The van der Waals surface area contributed by atoms with Gasteiger partial charge in [0.2, 0.25) is 0 Å². The molecule has 3 aromatic rings. The zero-order valence-corrected chi connectivity index (χ0v) is 23.5. The van der Waals surface area contributed by atoms with Crippen molar-refractivity contribution in [3.63, 3.8) is 0 Å². The highest BCUT2D eigenvalue weighted by atomic mass is 19.1. The zero-order valence-electron chi connectivity index (χ0n) is 23.5. The molecule has 1 fully saturated rings. The van der Waals surface area contributed by atoms with E-state index < -0.39 is 5.60 Å². The molecule has 1 saturated carbocycles. The lowest BCUT2D eigenvalue weighted by molar-refractivity contribution is -0.168. The third-order valence-electron chi connectivity index (χ3n) is 8.28. The first-order valence-electron chi connectivity index (χ1n) is 14.5. The summed E-state index contributed by atoms with van der Waals surface area (Å²) >= 11 is 0. The maximum atomic E-state index is 13.5. The summed E-state index contributed by atoms with van der Waals surface area (Å²) in [6.07, 6.45) is 7.10. The first kappa shape index (κ1) is 27.7. The average Bonchev–Trinajstić information content (AvgIpc) is 2.93.